The Hall–Kier alpha value is -0.930. The molecule has 0 spiro atoms. The molecular weight excluding hydrogens is 238 g/mol. The zero-order valence-electron chi connectivity index (χ0n) is 10.6. The molecule has 1 aromatic rings. The van der Waals surface area contributed by atoms with Crippen LogP contribution in [0.3, 0.4) is 0 Å². The lowest BCUT2D eigenvalue weighted by molar-refractivity contribution is 0.387. The third-order valence-electron chi connectivity index (χ3n) is 2.69. The zero-order valence-corrected chi connectivity index (χ0v) is 11.5. The largest absolute Gasteiger partial charge is 0.507 e. The Morgan fingerprint density at radius 2 is 1.94 bits per heavy atom. The minimum atomic E-state index is -0.168. The fourth-order valence-electron chi connectivity index (χ4n) is 1.74. The van der Waals surface area contributed by atoms with E-state index in [9.17, 15) is 5.11 Å². The predicted molar refractivity (Wildman–Crippen MR) is 72.9 cm³/mol. The van der Waals surface area contributed by atoms with Crippen molar-refractivity contribution in [3.63, 3.8) is 0 Å². The third kappa shape index (κ3) is 4.44. The molecule has 0 aliphatic heterocycles. The third-order valence-corrected chi connectivity index (χ3v) is 2.69. The Kier molecular flexibility index (Phi) is 7.00. The van der Waals surface area contributed by atoms with Gasteiger partial charge in [0.15, 0.2) is 0 Å². The number of phenols is 1. The van der Waals surface area contributed by atoms with Crippen molar-refractivity contribution in [1.29, 1.82) is 0 Å². The number of hydrogen-bond acceptors (Lipinski definition) is 3. The van der Waals surface area contributed by atoms with Crippen LogP contribution in [0.1, 0.15) is 38.3 Å². The van der Waals surface area contributed by atoms with Crippen molar-refractivity contribution in [3.05, 3.63) is 23.8 Å². The van der Waals surface area contributed by atoms with Crippen LogP contribution in [0, 0.1) is 5.92 Å². The first-order valence-electron chi connectivity index (χ1n) is 5.67. The van der Waals surface area contributed by atoms with Crippen LogP contribution in [0.4, 0.5) is 0 Å². The minimum Gasteiger partial charge on any atom is -0.507 e. The van der Waals surface area contributed by atoms with E-state index in [-0.39, 0.29) is 24.2 Å². The van der Waals surface area contributed by atoms with Gasteiger partial charge in [0.05, 0.1) is 12.7 Å². The van der Waals surface area contributed by atoms with E-state index in [0.717, 1.165) is 12.8 Å². The Bertz CT molecular complexity index is 342. The minimum absolute atomic E-state index is 0. The molecule has 0 unspecified atom stereocenters. The van der Waals surface area contributed by atoms with Crippen molar-refractivity contribution in [2.45, 2.75) is 32.7 Å². The average Bonchev–Trinajstić information content (AvgIpc) is 2.25. The van der Waals surface area contributed by atoms with Gasteiger partial charge in [0.2, 0.25) is 0 Å². The molecule has 4 heteroatoms. The first-order chi connectivity index (χ1) is 7.56. The van der Waals surface area contributed by atoms with Crippen molar-refractivity contribution in [1.82, 2.24) is 0 Å². The Morgan fingerprint density at radius 1 is 1.29 bits per heavy atom. The highest BCUT2D eigenvalue weighted by atomic mass is 35.5. The molecule has 0 aliphatic rings. The summed E-state index contributed by atoms with van der Waals surface area (Å²) in [6, 6.07) is 5.06. The van der Waals surface area contributed by atoms with E-state index < -0.39 is 0 Å². The lowest BCUT2D eigenvalue weighted by atomic mass is 9.97. The molecule has 17 heavy (non-hydrogen) atoms. The van der Waals surface area contributed by atoms with Gasteiger partial charge in [0, 0.05) is 6.04 Å². The predicted octanol–water partition coefficient (Wildman–Crippen LogP) is 3.26. The van der Waals surface area contributed by atoms with Gasteiger partial charge in [0.1, 0.15) is 11.5 Å². The van der Waals surface area contributed by atoms with Gasteiger partial charge in [-0.15, -0.1) is 12.4 Å². The van der Waals surface area contributed by atoms with Crippen LogP contribution in [0.25, 0.3) is 0 Å². The number of phenolic OH excluding ortho intramolecular Hbond substituents is 1. The molecule has 1 aromatic carbocycles. The summed E-state index contributed by atoms with van der Waals surface area (Å²) < 4.78 is 5.21. The van der Waals surface area contributed by atoms with E-state index in [4.69, 9.17) is 10.5 Å². The van der Waals surface area contributed by atoms with Crippen molar-refractivity contribution in [3.8, 4) is 11.5 Å². The van der Waals surface area contributed by atoms with E-state index >= 15 is 0 Å². The molecule has 0 saturated carbocycles. The number of hydrogen-bond donors (Lipinski definition) is 2. The summed E-state index contributed by atoms with van der Waals surface area (Å²) in [6.07, 6.45) is 1.89. The van der Waals surface area contributed by atoms with Gasteiger partial charge in [-0.1, -0.05) is 19.9 Å². The lowest BCUT2D eigenvalue weighted by Crippen LogP contribution is -2.12. The maximum atomic E-state index is 9.80. The van der Waals surface area contributed by atoms with Crippen LogP contribution in [0.5, 0.6) is 11.5 Å². The maximum absolute atomic E-state index is 9.80. The first-order valence-corrected chi connectivity index (χ1v) is 5.67. The summed E-state index contributed by atoms with van der Waals surface area (Å²) in [5.41, 5.74) is 6.79. The van der Waals surface area contributed by atoms with Crippen molar-refractivity contribution in [2.75, 3.05) is 7.11 Å². The number of benzene rings is 1. The van der Waals surface area contributed by atoms with Crippen LogP contribution in [0.15, 0.2) is 18.2 Å². The summed E-state index contributed by atoms with van der Waals surface area (Å²) in [6.45, 7) is 4.32. The van der Waals surface area contributed by atoms with Gasteiger partial charge < -0.3 is 15.6 Å². The fraction of sp³-hybridized carbons (Fsp3) is 0.538. The molecule has 0 radical (unpaired) electrons. The number of methoxy groups -OCH3 is 1. The monoisotopic (exact) mass is 259 g/mol. The van der Waals surface area contributed by atoms with Crippen LogP contribution >= 0.6 is 12.4 Å². The Balaban J connectivity index is 0.00000256. The van der Waals surface area contributed by atoms with E-state index in [2.05, 4.69) is 13.8 Å². The number of aromatic hydroxyl groups is 1. The second-order valence-corrected chi connectivity index (χ2v) is 4.47. The van der Waals surface area contributed by atoms with Gasteiger partial charge in [0.25, 0.3) is 0 Å². The molecular formula is C13H22ClNO2. The van der Waals surface area contributed by atoms with Crippen molar-refractivity contribution in [2.24, 2.45) is 11.7 Å². The van der Waals surface area contributed by atoms with Crippen molar-refractivity contribution >= 4 is 12.4 Å². The summed E-state index contributed by atoms with van der Waals surface area (Å²) in [7, 11) is 1.59. The van der Waals surface area contributed by atoms with Gasteiger partial charge in [-0.2, -0.15) is 0 Å². The van der Waals surface area contributed by atoms with Gasteiger partial charge in [-0.3, -0.25) is 0 Å². The van der Waals surface area contributed by atoms with E-state index in [1.807, 2.05) is 6.07 Å². The molecule has 0 aromatic heterocycles. The summed E-state index contributed by atoms with van der Waals surface area (Å²) >= 11 is 0. The number of halogens is 1. The highest BCUT2D eigenvalue weighted by molar-refractivity contribution is 5.85. The molecule has 3 nitrogen and oxygen atoms in total. The molecule has 0 heterocycles. The van der Waals surface area contributed by atoms with Crippen molar-refractivity contribution < 1.29 is 9.84 Å². The molecule has 0 bridgehead atoms. The van der Waals surface area contributed by atoms with Gasteiger partial charge >= 0.3 is 0 Å². The van der Waals surface area contributed by atoms with Gasteiger partial charge in [-0.05, 0) is 30.9 Å². The summed E-state index contributed by atoms with van der Waals surface area (Å²) in [5, 5.41) is 9.80. The number of ether oxygens (including phenoxy) is 1. The van der Waals surface area contributed by atoms with E-state index in [1.165, 1.54) is 0 Å². The standard InChI is InChI=1S/C13H21NO2.ClH/c1-9(2)7-8-10(14)13-11(15)5-4-6-12(13)16-3;/h4-6,9-10,15H,7-8,14H2,1-3H3;1H/t10-;/m1./s1. The van der Waals surface area contributed by atoms with E-state index in [1.54, 1.807) is 19.2 Å². The van der Waals surface area contributed by atoms with Crippen LogP contribution in [-0.2, 0) is 0 Å². The highest BCUT2D eigenvalue weighted by Gasteiger charge is 2.16. The summed E-state index contributed by atoms with van der Waals surface area (Å²) in [4.78, 5) is 0. The maximum Gasteiger partial charge on any atom is 0.127 e. The topological polar surface area (TPSA) is 55.5 Å². The van der Waals surface area contributed by atoms with Gasteiger partial charge in [-0.25, -0.2) is 0 Å². The lowest BCUT2D eigenvalue weighted by Gasteiger charge is -2.17. The number of rotatable bonds is 5. The molecule has 1 rings (SSSR count). The Labute approximate surface area is 109 Å². The van der Waals surface area contributed by atoms with Crippen LogP contribution in [-0.4, -0.2) is 12.2 Å². The Morgan fingerprint density at radius 3 is 2.47 bits per heavy atom. The van der Waals surface area contributed by atoms with Crippen LogP contribution in [0.2, 0.25) is 0 Å². The fourth-order valence-corrected chi connectivity index (χ4v) is 1.74. The average molecular weight is 260 g/mol. The molecule has 0 amide bonds. The molecule has 3 N–H and O–H groups in total. The zero-order chi connectivity index (χ0) is 12.1. The molecule has 0 saturated heterocycles. The molecule has 1 atom stereocenters. The number of nitrogens with two attached hydrogens (primary N) is 1. The smallest absolute Gasteiger partial charge is 0.127 e. The molecule has 0 aliphatic carbocycles. The summed E-state index contributed by atoms with van der Waals surface area (Å²) in [5.74, 6) is 1.50. The SMILES string of the molecule is COc1cccc(O)c1[C@H](N)CCC(C)C.Cl. The first kappa shape index (κ1) is 16.1. The molecule has 0 fully saturated rings. The molecule has 98 valence electrons. The second-order valence-electron chi connectivity index (χ2n) is 4.47. The van der Waals surface area contributed by atoms with E-state index in [0.29, 0.717) is 17.2 Å². The van der Waals surface area contributed by atoms with Crippen LogP contribution < -0.4 is 10.5 Å². The quantitative estimate of drug-likeness (QED) is 0.853. The highest BCUT2D eigenvalue weighted by Crippen LogP contribution is 2.34. The second kappa shape index (κ2) is 7.41. The normalized spacial score (nSPS) is 12.1.